The average Bonchev–Trinajstić information content (AvgIpc) is 2.61. The van der Waals surface area contributed by atoms with Crippen LogP contribution in [0.2, 0.25) is 0 Å². The van der Waals surface area contributed by atoms with Gasteiger partial charge in [0, 0.05) is 32.5 Å². The summed E-state index contributed by atoms with van der Waals surface area (Å²) in [4.78, 5) is 27.6. The molecule has 1 aromatic carbocycles. The third kappa shape index (κ3) is 7.24. The van der Waals surface area contributed by atoms with Gasteiger partial charge in [-0.25, -0.2) is 9.59 Å². The standard InChI is InChI=1S/C22H34N2O5/c1-16-8-6-10-18(12-16)24(20(25)26)19(13-17-9-7-11-28-15-17)14-23(5)21(27)29-22(2,3)4/h6,8,10,12,17,19H,7,9,11,13-15H2,1-5H3,(H,25,26)/t17-,19?/m1/s1. The Kier molecular flexibility index (Phi) is 7.90. The number of nitrogens with zero attached hydrogens (tertiary/aromatic N) is 2. The Labute approximate surface area is 173 Å². The number of anilines is 1. The van der Waals surface area contributed by atoms with Gasteiger partial charge < -0.3 is 19.5 Å². The summed E-state index contributed by atoms with van der Waals surface area (Å²) in [6, 6.07) is 7.02. The summed E-state index contributed by atoms with van der Waals surface area (Å²) < 4.78 is 11.0. The van der Waals surface area contributed by atoms with Crippen LogP contribution in [0.15, 0.2) is 24.3 Å². The van der Waals surface area contributed by atoms with Crippen LogP contribution in [0.4, 0.5) is 15.3 Å². The highest BCUT2D eigenvalue weighted by Crippen LogP contribution is 2.27. The van der Waals surface area contributed by atoms with Gasteiger partial charge in [0.2, 0.25) is 0 Å². The van der Waals surface area contributed by atoms with E-state index in [0.29, 0.717) is 18.7 Å². The van der Waals surface area contributed by atoms with Crippen molar-refractivity contribution in [3.63, 3.8) is 0 Å². The van der Waals surface area contributed by atoms with Gasteiger partial charge in [-0.1, -0.05) is 12.1 Å². The van der Waals surface area contributed by atoms with E-state index >= 15 is 0 Å². The number of carbonyl (C=O) groups is 2. The first kappa shape index (κ1) is 23.0. The maximum atomic E-state index is 12.5. The zero-order valence-corrected chi connectivity index (χ0v) is 18.2. The first-order valence-electron chi connectivity index (χ1n) is 10.2. The van der Waals surface area contributed by atoms with Crippen LogP contribution in [-0.2, 0) is 9.47 Å². The molecule has 1 heterocycles. The van der Waals surface area contributed by atoms with E-state index < -0.39 is 23.8 Å². The minimum Gasteiger partial charge on any atom is -0.465 e. The van der Waals surface area contributed by atoms with Gasteiger partial charge >= 0.3 is 12.2 Å². The fraction of sp³-hybridized carbons (Fsp3) is 0.636. The van der Waals surface area contributed by atoms with E-state index in [0.717, 1.165) is 25.0 Å². The Morgan fingerprint density at radius 1 is 1.34 bits per heavy atom. The van der Waals surface area contributed by atoms with Crippen LogP contribution in [0.25, 0.3) is 0 Å². The Morgan fingerprint density at radius 3 is 2.62 bits per heavy atom. The largest absolute Gasteiger partial charge is 0.465 e. The van der Waals surface area contributed by atoms with E-state index in [4.69, 9.17) is 9.47 Å². The fourth-order valence-corrected chi connectivity index (χ4v) is 3.63. The molecule has 0 spiro atoms. The first-order chi connectivity index (χ1) is 13.6. The zero-order chi connectivity index (χ0) is 21.6. The van der Waals surface area contributed by atoms with Crippen molar-refractivity contribution in [2.24, 2.45) is 5.92 Å². The second-order valence-electron chi connectivity index (χ2n) is 8.83. The minimum atomic E-state index is -1.03. The smallest absolute Gasteiger partial charge is 0.412 e. The molecule has 2 amide bonds. The summed E-state index contributed by atoms with van der Waals surface area (Å²) in [6.45, 7) is 8.98. The summed E-state index contributed by atoms with van der Waals surface area (Å²) in [5.41, 5.74) is 0.979. The summed E-state index contributed by atoms with van der Waals surface area (Å²) in [5, 5.41) is 10.0. The molecule has 0 radical (unpaired) electrons. The lowest BCUT2D eigenvalue weighted by molar-refractivity contribution is 0.0258. The van der Waals surface area contributed by atoms with Crippen LogP contribution in [0.1, 0.15) is 45.6 Å². The van der Waals surface area contributed by atoms with Crippen molar-refractivity contribution in [2.75, 3.05) is 31.7 Å². The predicted molar refractivity (Wildman–Crippen MR) is 112 cm³/mol. The molecule has 1 unspecified atom stereocenters. The number of benzene rings is 1. The minimum absolute atomic E-state index is 0.242. The lowest BCUT2D eigenvalue weighted by Crippen LogP contribution is -2.49. The maximum Gasteiger partial charge on any atom is 0.412 e. The van der Waals surface area contributed by atoms with Crippen molar-refractivity contribution in [1.82, 2.24) is 4.90 Å². The SMILES string of the molecule is Cc1cccc(N(C(=O)O)C(C[C@H]2CCCOC2)CN(C)C(=O)OC(C)(C)C)c1. The van der Waals surface area contributed by atoms with Crippen LogP contribution < -0.4 is 4.90 Å². The first-order valence-corrected chi connectivity index (χ1v) is 10.2. The highest BCUT2D eigenvalue weighted by atomic mass is 16.6. The van der Waals surface area contributed by atoms with Crippen molar-refractivity contribution in [3.05, 3.63) is 29.8 Å². The lowest BCUT2D eigenvalue weighted by atomic mass is 9.93. The zero-order valence-electron chi connectivity index (χ0n) is 18.2. The van der Waals surface area contributed by atoms with Crippen molar-refractivity contribution < 1.29 is 24.2 Å². The number of carboxylic acid groups (broad SMARTS) is 1. The van der Waals surface area contributed by atoms with E-state index in [1.807, 2.05) is 45.9 Å². The Hall–Kier alpha value is -2.28. The summed E-state index contributed by atoms with van der Waals surface area (Å²) in [5.74, 6) is 0.257. The van der Waals surface area contributed by atoms with E-state index in [1.54, 1.807) is 13.1 Å². The molecule has 1 aromatic rings. The van der Waals surface area contributed by atoms with Gasteiger partial charge in [0.15, 0.2) is 0 Å². The van der Waals surface area contributed by atoms with E-state index in [2.05, 4.69) is 0 Å². The van der Waals surface area contributed by atoms with Gasteiger partial charge in [0.25, 0.3) is 0 Å². The number of carbonyl (C=O) groups excluding carboxylic acids is 1. The topological polar surface area (TPSA) is 79.3 Å². The molecule has 1 N–H and O–H groups in total. The van der Waals surface area contributed by atoms with Crippen LogP contribution >= 0.6 is 0 Å². The number of rotatable bonds is 6. The van der Waals surface area contributed by atoms with Crippen molar-refractivity contribution >= 4 is 17.9 Å². The number of ether oxygens (including phenoxy) is 2. The maximum absolute atomic E-state index is 12.5. The molecule has 0 saturated carbocycles. The van der Waals surface area contributed by atoms with Crippen molar-refractivity contribution in [2.45, 2.75) is 58.6 Å². The van der Waals surface area contributed by atoms with Crippen molar-refractivity contribution in [3.8, 4) is 0 Å². The molecule has 2 rings (SSSR count). The van der Waals surface area contributed by atoms with Gasteiger partial charge in [-0.05, 0) is 70.6 Å². The Morgan fingerprint density at radius 2 is 2.07 bits per heavy atom. The quantitative estimate of drug-likeness (QED) is 0.751. The number of hydrogen-bond acceptors (Lipinski definition) is 4. The molecule has 1 aliphatic heterocycles. The molecule has 0 bridgehead atoms. The second kappa shape index (κ2) is 9.96. The Bertz CT molecular complexity index is 695. The van der Waals surface area contributed by atoms with Gasteiger partial charge in [0.1, 0.15) is 5.60 Å². The molecule has 7 nitrogen and oxygen atoms in total. The summed E-state index contributed by atoms with van der Waals surface area (Å²) >= 11 is 0. The molecule has 1 saturated heterocycles. The highest BCUT2D eigenvalue weighted by molar-refractivity contribution is 5.87. The molecule has 2 atom stereocenters. The monoisotopic (exact) mass is 406 g/mol. The van der Waals surface area contributed by atoms with Crippen LogP contribution in [0.3, 0.4) is 0 Å². The van der Waals surface area contributed by atoms with E-state index in [9.17, 15) is 14.7 Å². The number of hydrogen-bond donors (Lipinski definition) is 1. The molecule has 0 aliphatic carbocycles. The van der Waals surface area contributed by atoms with Crippen LogP contribution in [-0.4, -0.2) is 60.6 Å². The fourth-order valence-electron chi connectivity index (χ4n) is 3.63. The molecule has 7 heteroatoms. The number of amides is 2. The highest BCUT2D eigenvalue weighted by Gasteiger charge is 2.32. The van der Waals surface area contributed by atoms with Crippen LogP contribution in [0, 0.1) is 12.8 Å². The normalized spacial score (nSPS) is 18.0. The molecule has 0 aromatic heterocycles. The average molecular weight is 407 g/mol. The summed E-state index contributed by atoms with van der Waals surface area (Å²) in [6.07, 6.45) is 1.09. The van der Waals surface area contributed by atoms with Gasteiger partial charge in [-0.3, -0.25) is 4.90 Å². The van der Waals surface area contributed by atoms with Crippen molar-refractivity contribution in [1.29, 1.82) is 0 Å². The predicted octanol–water partition coefficient (Wildman–Crippen LogP) is 4.53. The third-order valence-corrected chi connectivity index (χ3v) is 4.90. The number of likely N-dealkylation sites (N-methyl/N-ethyl adjacent to an activating group) is 1. The summed E-state index contributed by atoms with van der Waals surface area (Å²) in [7, 11) is 1.65. The molecule has 162 valence electrons. The van der Waals surface area contributed by atoms with Gasteiger partial charge in [-0.2, -0.15) is 0 Å². The molecule has 1 fully saturated rings. The molecule has 1 aliphatic rings. The molecular weight excluding hydrogens is 372 g/mol. The van der Waals surface area contributed by atoms with E-state index in [1.165, 1.54) is 9.80 Å². The van der Waals surface area contributed by atoms with Gasteiger partial charge in [0.05, 0.1) is 6.04 Å². The lowest BCUT2D eigenvalue weighted by Gasteiger charge is -2.36. The van der Waals surface area contributed by atoms with Crippen LogP contribution in [0.5, 0.6) is 0 Å². The molecule has 29 heavy (non-hydrogen) atoms. The third-order valence-electron chi connectivity index (χ3n) is 4.90. The number of aryl methyl sites for hydroxylation is 1. The van der Waals surface area contributed by atoms with E-state index in [-0.39, 0.29) is 12.5 Å². The van der Waals surface area contributed by atoms with Gasteiger partial charge in [-0.15, -0.1) is 0 Å². The Balaban J connectivity index is 2.26. The molecular formula is C22H34N2O5. The second-order valence-corrected chi connectivity index (χ2v) is 8.83.